The molecule has 0 saturated carbocycles. The van der Waals surface area contributed by atoms with E-state index in [-0.39, 0.29) is 5.69 Å². The van der Waals surface area contributed by atoms with E-state index in [2.05, 4.69) is 29.4 Å². The van der Waals surface area contributed by atoms with E-state index in [9.17, 15) is 4.39 Å². The van der Waals surface area contributed by atoms with Crippen molar-refractivity contribution in [2.24, 2.45) is 5.92 Å². The molecule has 0 aliphatic carbocycles. The number of nitrogen functional groups attached to an aromatic ring is 1. The van der Waals surface area contributed by atoms with Crippen molar-refractivity contribution in [3.63, 3.8) is 0 Å². The van der Waals surface area contributed by atoms with Gasteiger partial charge in [-0.25, -0.2) is 9.07 Å². The van der Waals surface area contributed by atoms with Gasteiger partial charge in [-0.15, -0.1) is 5.10 Å². The van der Waals surface area contributed by atoms with Crippen LogP contribution in [0.1, 0.15) is 26.7 Å². The molecule has 1 aromatic heterocycles. The number of nitrogens with zero attached hydrogens (tertiary/aromatic N) is 4. The van der Waals surface area contributed by atoms with Crippen LogP contribution >= 0.6 is 0 Å². The Kier molecular flexibility index (Phi) is 4.09. The molecule has 19 heavy (non-hydrogen) atoms. The van der Waals surface area contributed by atoms with E-state index in [1.165, 1.54) is 12.1 Å². The Labute approximate surface area is 111 Å². The third-order valence-electron chi connectivity index (χ3n) is 2.94. The van der Waals surface area contributed by atoms with Gasteiger partial charge in [0.25, 0.3) is 0 Å². The Bertz CT molecular complexity index is 550. The molecule has 102 valence electrons. The van der Waals surface area contributed by atoms with E-state index < -0.39 is 5.82 Å². The van der Waals surface area contributed by atoms with Crippen LogP contribution in [0, 0.1) is 11.7 Å². The highest BCUT2D eigenvalue weighted by Crippen LogP contribution is 2.21. The second-order valence-corrected chi connectivity index (χ2v) is 5.00. The Morgan fingerprint density at radius 2 is 2.16 bits per heavy atom. The second-order valence-electron chi connectivity index (χ2n) is 5.00. The van der Waals surface area contributed by atoms with Gasteiger partial charge in [0, 0.05) is 12.1 Å². The largest absolute Gasteiger partial charge is 0.396 e. The Balaban J connectivity index is 2.16. The minimum Gasteiger partial charge on any atom is -0.396 e. The molecule has 0 atom stereocenters. The predicted molar refractivity (Wildman–Crippen MR) is 71.7 cm³/mol. The number of hydrogen-bond acceptors (Lipinski definition) is 4. The summed E-state index contributed by atoms with van der Waals surface area (Å²) < 4.78 is 15.2. The topological polar surface area (TPSA) is 69.6 Å². The van der Waals surface area contributed by atoms with Crippen LogP contribution in [0.15, 0.2) is 18.2 Å². The zero-order chi connectivity index (χ0) is 13.8. The zero-order valence-corrected chi connectivity index (χ0v) is 11.2. The van der Waals surface area contributed by atoms with Gasteiger partial charge in [-0.05, 0) is 47.4 Å². The summed E-state index contributed by atoms with van der Waals surface area (Å²) in [6.45, 7) is 5.08. The lowest BCUT2D eigenvalue weighted by atomic mass is 10.1. The highest BCUT2D eigenvalue weighted by molar-refractivity contribution is 5.58. The number of benzene rings is 1. The van der Waals surface area contributed by atoms with Gasteiger partial charge < -0.3 is 5.73 Å². The Morgan fingerprint density at radius 3 is 2.84 bits per heavy atom. The maximum Gasteiger partial charge on any atom is 0.182 e. The molecule has 0 radical (unpaired) electrons. The van der Waals surface area contributed by atoms with Gasteiger partial charge in [-0.1, -0.05) is 13.8 Å². The van der Waals surface area contributed by atoms with Crippen molar-refractivity contribution < 1.29 is 4.39 Å². The van der Waals surface area contributed by atoms with Crippen molar-refractivity contribution in [1.82, 2.24) is 20.2 Å². The molecule has 2 N–H and O–H groups in total. The SMILES string of the molecule is CC(C)CCCn1nnnc1-c1ccc(N)c(F)c1. The molecule has 0 amide bonds. The number of rotatable bonds is 5. The molecule has 1 heterocycles. The molecule has 1 aromatic carbocycles. The Hall–Kier alpha value is -1.98. The third-order valence-corrected chi connectivity index (χ3v) is 2.94. The summed E-state index contributed by atoms with van der Waals surface area (Å²) in [6, 6.07) is 4.61. The highest BCUT2D eigenvalue weighted by Gasteiger charge is 2.10. The number of anilines is 1. The number of aryl methyl sites for hydroxylation is 1. The molecular formula is C13H18FN5. The Morgan fingerprint density at radius 1 is 1.37 bits per heavy atom. The first-order valence-electron chi connectivity index (χ1n) is 6.39. The van der Waals surface area contributed by atoms with Crippen molar-refractivity contribution in [3.8, 4) is 11.4 Å². The lowest BCUT2D eigenvalue weighted by molar-refractivity contribution is 0.485. The van der Waals surface area contributed by atoms with Crippen LogP contribution in [0.3, 0.4) is 0 Å². The predicted octanol–water partition coefficient (Wildman–Crippen LogP) is 2.50. The van der Waals surface area contributed by atoms with Gasteiger partial charge in [0.1, 0.15) is 5.82 Å². The first-order valence-corrected chi connectivity index (χ1v) is 6.39. The normalized spacial score (nSPS) is 11.2. The first kappa shape index (κ1) is 13.5. The fraction of sp³-hybridized carbons (Fsp3) is 0.462. The lowest BCUT2D eigenvalue weighted by Crippen LogP contribution is -2.04. The van der Waals surface area contributed by atoms with Crippen molar-refractivity contribution in [2.75, 3.05) is 5.73 Å². The minimum absolute atomic E-state index is 0.127. The molecule has 0 saturated heterocycles. The molecule has 0 aliphatic rings. The molecule has 0 fully saturated rings. The van der Waals surface area contributed by atoms with Crippen molar-refractivity contribution in [2.45, 2.75) is 33.2 Å². The summed E-state index contributed by atoms with van der Waals surface area (Å²) in [6.07, 6.45) is 2.10. The van der Waals surface area contributed by atoms with Crippen LogP contribution in [0.2, 0.25) is 0 Å². The second kappa shape index (κ2) is 5.77. The van der Waals surface area contributed by atoms with Gasteiger partial charge in [-0.3, -0.25) is 0 Å². The van der Waals surface area contributed by atoms with Crippen LogP contribution in [0.4, 0.5) is 10.1 Å². The maximum atomic E-state index is 13.5. The summed E-state index contributed by atoms with van der Waals surface area (Å²) in [4.78, 5) is 0. The van der Waals surface area contributed by atoms with Crippen LogP contribution in [0.5, 0.6) is 0 Å². The average molecular weight is 263 g/mol. The number of aromatic nitrogens is 4. The summed E-state index contributed by atoms with van der Waals surface area (Å²) in [5.41, 5.74) is 6.23. The molecule has 0 unspecified atom stereocenters. The quantitative estimate of drug-likeness (QED) is 0.841. The fourth-order valence-corrected chi connectivity index (χ4v) is 1.88. The van der Waals surface area contributed by atoms with Gasteiger partial charge in [0.05, 0.1) is 5.69 Å². The fourth-order valence-electron chi connectivity index (χ4n) is 1.88. The molecule has 2 aromatic rings. The third kappa shape index (κ3) is 3.27. The van der Waals surface area contributed by atoms with E-state index in [1.54, 1.807) is 10.7 Å². The lowest BCUT2D eigenvalue weighted by Gasteiger charge is -2.07. The van der Waals surface area contributed by atoms with Crippen LogP contribution in [0.25, 0.3) is 11.4 Å². The van der Waals surface area contributed by atoms with Crippen LogP contribution in [-0.2, 0) is 6.54 Å². The molecule has 0 aliphatic heterocycles. The van der Waals surface area contributed by atoms with Gasteiger partial charge in [-0.2, -0.15) is 0 Å². The molecule has 0 bridgehead atoms. The van der Waals surface area contributed by atoms with Crippen molar-refractivity contribution in [1.29, 1.82) is 0 Å². The maximum absolute atomic E-state index is 13.5. The minimum atomic E-state index is -0.450. The highest BCUT2D eigenvalue weighted by atomic mass is 19.1. The molecule has 0 spiro atoms. The van der Waals surface area contributed by atoms with Crippen LogP contribution in [-0.4, -0.2) is 20.2 Å². The summed E-state index contributed by atoms with van der Waals surface area (Å²) in [5, 5.41) is 11.6. The molecule has 2 rings (SSSR count). The number of halogens is 1. The molecular weight excluding hydrogens is 245 g/mol. The monoisotopic (exact) mass is 263 g/mol. The van der Waals surface area contributed by atoms with Gasteiger partial charge >= 0.3 is 0 Å². The zero-order valence-electron chi connectivity index (χ0n) is 11.2. The number of hydrogen-bond donors (Lipinski definition) is 1. The van der Waals surface area contributed by atoms with Crippen molar-refractivity contribution in [3.05, 3.63) is 24.0 Å². The van der Waals surface area contributed by atoms with Gasteiger partial charge in [0.15, 0.2) is 5.82 Å². The smallest absolute Gasteiger partial charge is 0.182 e. The summed E-state index contributed by atoms with van der Waals surface area (Å²) in [7, 11) is 0. The van der Waals surface area contributed by atoms with Gasteiger partial charge in [0.2, 0.25) is 0 Å². The standard InChI is InChI=1S/C13H18FN5/c1-9(2)4-3-7-19-13(16-17-18-19)10-5-6-12(15)11(14)8-10/h5-6,8-9H,3-4,7,15H2,1-2H3. The summed E-state index contributed by atoms with van der Waals surface area (Å²) in [5.74, 6) is 0.769. The van der Waals surface area contributed by atoms with Crippen LogP contribution < -0.4 is 5.73 Å². The average Bonchev–Trinajstić information content (AvgIpc) is 2.80. The number of nitrogens with two attached hydrogens (primary N) is 1. The van der Waals surface area contributed by atoms with E-state index >= 15 is 0 Å². The molecule has 5 nitrogen and oxygen atoms in total. The van der Waals surface area contributed by atoms with E-state index in [1.807, 2.05) is 0 Å². The van der Waals surface area contributed by atoms with E-state index in [4.69, 9.17) is 5.73 Å². The first-order chi connectivity index (χ1) is 9.08. The summed E-state index contributed by atoms with van der Waals surface area (Å²) >= 11 is 0. The number of tetrazole rings is 1. The van der Waals surface area contributed by atoms with E-state index in [0.29, 0.717) is 17.3 Å². The van der Waals surface area contributed by atoms with Crippen molar-refractivity contribution >= 4 is 5.69 Å². The molecule has 6 heteroatoms. The van der Waals surface area contributed by atoms with E-state index in [0.717, 1.165) is 19.4 Å².